The highest BCUT2D eigenvalue weighted by atomic mass is 32.2. The van der Waals surface area contributed by atoms with Crippen molar-refractivity contribution in [2.75, 3.05) is 38.2 Å². The van der Waals surface area contributed by atoms with Crippen LogP contribution in [-0.4, -0.2) is 51.9 Å². The Morgan fingerprint density at radius 3 is 2.50 bits per heavy atom. The first-order valence-electron chi connectivity index (χ1n) is 8.19. The molecule has 0 aromatic heterocycles. The van der Waals surface area contributed by atoms with Crippen molar-refractivity contribution >= 4 is 21.8 Å². The van der Waals surface area contributed by atoms with Gasteiger partial charge in [0.25, 0.3) is 10.2 Å². The maximum atomic E-state index is 12.2. The van der Waals surface area contributed by atoms with Crippen LogP contribution in [0.5, 0.6) is 5.75 Å². The molecule has 2 fully saturated rings. The number of amides is 1. The summed E-state index contributed by atoms with van der Waals surface area (Å²) in [5, 5.41) is 0. The molecule has 2 saturated heterocycles. The molecule has 1 aromatic carbocycles. The molecule has 2 heterocycles. The van der Waals surface area contributed by atoms with Crippen LogP contribution in [0.15, 0.2) is 24.3 Å². The number of nitrogens with zero attached hydrogens (tertiary/aromatic N) is 2. The van der Waals surface area contributed by atoms with Gasteiger partial charge < -0.3 is 9.64 Å². The van der Waals surface area contributed by atoms with Gasteiger partial charge in [-0.3, -0.25) is 4.79 Å². The molecule has 1 atom stereocenters. The van der Waals surface area contributed by atoms with Crippen molar-refractivity contribution in [1.29, 1.82) is 0 Å². The van der Waals surface area contributed by atoms with Crippen LogP contribution < -0.4 is 14.4 Å². The van der Waals surface area contributed by atoms with Gasteiger partial charge in [0.05, 0.1) is 7.11 Å². The number of carbonyl (C=O) groups excluding carboxylic acids is 1. The first-order valence-corrected chi connectivity index (χ1v) is 9.63. The number of carbonyl (C=O) groups is 1. The van der Waals surface area contributed by atoms with E-state index in [9.17, 15) is 13.2 Å². The molecule has 132 valence electrons. The van der Waals surface area contributed by atoms with E-state index in [4.69, 9.17) is 4.74 Å². The highest BCUT2D eigenvalue weighted by Gasteiger charge is 2.32. The average molecular weight is 353 g/mol. The van der Waals surface area contributed by atoms with Crippen molar-refractivity contribution < 1.29 is 17.9 Å². The number of nitrogens with one attached hydrogen (secondary N) is 1. The van der Waals surface area contributed by atoms with Crippen LogP contribution in [0.25, 0.3) is 0 Å². The zero-order chi connectivity index (χ0) is 17.2. The summed E-state index contributed by atoms with van der Waals surface area (Å²) in [6, 6.07) is 7.30. The molecule has 3 rings (SSSR count). The Hall–Kier alpha value is -1.64. The molecule has 1 amide bonds. The third-order valence-electron chi connectivity index (χ3n) is 4.55. The minimum atomic E-state index is -3.42. The number of hydrogen-bond acceptors (Lipinski definition) is 4. The average Bonchev–Trinajstić information content (AvgIpc) is 3.23. The summed E-state index contributed by atoms with van der Waals surface area (Å²) in [4.78, 5) is 13.9. The third-order valence-corrected chi connectivity index (χ3v) is 6.13. The Morgan fingerprint density at radius 2 is 1.88 bits per heavy atom. The van der Waals surface area contributed by atoms with E-state index in [1.807, 2.05) is 24.3 Å². The quantitative estimate of drug-likeness (QED) is 0.827. The summed E-state index contributed by atoms with van der Waals surface area (Å²) in [7, 11) is -1.82. The van der Waals surface area contributed by atoms with E-state index in [1.54, 1.807) is 12.0 Å². The van der Waals surface area contributed by atoms with Crippen LogP contribution >= 0.6 is 0 Å². The molecule has 2 aliphatic rings. The highest BCUT2D eigenvalue weighted by molar-refractivity contribution is 7.87. The van der Waals surface area contributed by atoms with Crippen molar-refractivity contribution in [3.05, 3.63) is 24.3 Å². The minimum absolute atomic E-state index is 0.0167. The van der Waals surface area contributed by atoms with Gasteiger partial charge in [-0.2, -0.15) is 12.7 Å². The molecule has 0 saturated carbocycles. The Bertz CT molecular complexity index is 684. The van der Waals surface area contributed by atoms with Crippen molar-refractivity contribution in [3.63, 3.8) is 0 Å². The van der Waals surface area contributed by atoms with Gasteiger partial charge in [-0.25, -0.2) is 4.72 Å². The first-order chi connectivity index (χ1) is 11.5. The van der Waals surface area contributed by atoms with Gasteiger partial charge in [0, 0.05) is 38.3 Å². The molecular formula is C16H23N3O4S. The molecule has 0 spiro atoms. The fraction of sp³-hybridized carbons (Fsp3) is 0.562. The molecule has 7 nitrogen and oxygen atoms in total. The molecule has 1 unspecified atom stereocenters. The van der Waals surface area contributed by atoms with Crippen LogP contribution in [0, 0.1) is 5.92 Å². The van der Waals surface area contributed by atoms with Crippen LogP contribution in [0.1, 0.15) is 19.3 Å². The van der Waals surface area contributed by atoms with Gasteiger partial charge in [-0.05, 0) is 43.0 Å². The number of benzene rings is 1. The lowest BCUT2D eigenvalue weighted by Crippen LogP contribution is -2.41. The van der Waals surface area contributed by atoms with Gasteiger partial charge in [0.2, 0.25) is 5.91 Å². The lowest BCUT2D eigenvalue weighted by Gasteiger charge is -2.19. The van der Waals surface area contributed by atoms with E-state index in [0.717, 1.165) is 24.3 Å². The Labute approximate surface area is 142 Å². The van der Waals surface area contributed by atoms with E-state index in [-0.39, 0.29) is 18.4 Å². The second kappa shape index (κ2) is 7.08. The number of anilines is 1. The molecule has 1 N–H and O–H groups in total. The van der Waals surface area contributed by atoms with Gasteiger partial charge >= 0.3 is 0 Å². The van der Waals surface area contributed by atoms with Gasteiger partial charge in [0.1, 0.15) is 5.75 Å². The first kappa shape index (κ1) is 17.2. The van der Waals surface area contributed by atoms with Gasteiger partial charge in [0.15, 0.2) is 0 Å². The molecular weight excluding hydrogens is 330 g/mol. The molecule has 0 radical (unpaired) electrons. The maximum Gasteiger partial charge on any atom is 0.279 e. The number of hydrogen-bond donors (Lipinski definition) is 1. The summed E-state index contributed by atoms with van der Waals surface area (Å²) >= 11 is 0. The normalized spacial score (nSPS) is 22.3. The van der Waals surface area contributed by atoms with Crippen molar-refractivity contribution in [2.24, 2.45) is 5.92 Å². The second-order valence-corrected chi connectivity index (χ2v) is 7.99. The van der Waals surface area contributed by atoms with Crippen molar-refractivity contribution in [2.45, 2.75) is 19.3 Å². The second-order valence-electron chi connectivity index (χ2n) is 6.23. The zero-order valence-electron chi connectivity index (χ0n) is 13.8. The summed E-state index contributed by atoms with van der Waals surface area (Å²) < 4.78 is 33.6. The highest BCUT2D eigenvalue weighted by Crippen LogP contribution is 2.26. The number of methoxy groups -OCH3 is 1. The van der Waals surface area contributed by atoms with Crippen molar-refractivity contribution in [3.8, 4) is 5.75 Å². The topological polar surface area (TPSA) is 79.0 Å². The fourth-order valence-corrected chi connectivity index (χ4v) is 4.54. The standard InChI is InChI=1S/C16H23N3O4S/c1-23-15-6-4-14(5-7-15)19-12-13(10-16(19)20)11-17-24(21,22)18-8-2-3-9-18/h4-7,13,17H,2-3,8-12H2,1H3. The van der Waals surface area contributed by atoms with Crippen LogP contribution in [0.4, 0.5) is 5.69 Å². The minimum Gasteiger partial charge on any atom is -0.497 e. The molecule has 8 heteroatoms. The molecule has 0 aliphatic carbocycles. The van der Waals surface area contributed by atoms with Gasteiger partial charge in [-0.1, -0.05) is 0 Å². The SMILES string of the molecule is COc1ccc(N2CC(CNS(=O)(=O)N3CCCC3)CC2=O)cc1. The lowest BCUT2D eigenvalue weighted by atomic mass is 10.1. The molecule has 1 aromatic rings. The van der Waals surface area contributed by atoms with E-state index >= 15 is 0 Å². The molecule has 24 heavy (non-hydrogen) atoms. The summed E-state index contributed by atoms with van der Waals surface area (Å²) in [6.45, 7) is 1.97. The maximum absolute atomic E-state index is 12.2. The predicted octanol–water partition coefficient (Wildman–Crippen LogP) is 0.978. The monoisotopic (exact) mass is 353 g/mol. The van der Waals surface area contributed by atoms with Crippen molar-refractivity contribution in [1.82, 2.24) is 9.03 Å². The largest absolute Gasteiger partial charge is 0.497 e. The van der Waals surface area contributed by atoms with Gasteiger partial charge in [-0.15, -0.1) is 0 Å². The van der Waals surface area contributed by atoms with Crippen LogP contribution in [0.2, 0.25) is 0 Å². The summed E-state index contributed by atoms with van der Waals surface area (Å²) in [5.74, 6) is 0.739. The summed E-state index contributed by atoms with van der Waals surface area (Å²) in [6.07, 6.45) is 2.18. The van der Waals surface area contributed by atoms with Crippen LogP contribution in [0.3, 0.4) is 0 Å². The Morgan fingerprint density at radius 1 is 1.21 bits per heavy atom. The van der Waals surface area contributed by atoms with E-state index < -0.39 is 10.2 Å². The van der Waals surface area contributed by atoms with E-state index in [0.29, 0.717) is 26.1 Å². The van der Waals surface area contributed by atoms with E-state index in [1.165, 1.54) is 4.31 Å². The smallest absolute Gasteiger partial charge is 0.279 e. The lowest BCUT2D eigenvalue weighted by molar-refractivity contribution is -0.117. The Balaban J connectivity index is 1.58. The number of ether oxygens (including phenoxy) is 1. The third kappa shape index (κ3) is 3.71. The molecule has 2 aliphatic heterocycles. The Kier molecular flexibility index (Phi) is 5.07. The van der Waals surface area contributed by atoms with E-state index in [2.05, 4.69) is 4.72 Å². The van der Waals surface area contributed by atoms with Crippen LogP contribution in [-0.2, 0) is 15.0 Å². The predicted molar refractivity (Wildman–Crippen MR) is 91.2 cm³/mol. The summed E-state index contributed by atoms with van der Waals surface area (Å²) in [5.41, 5.74) is 0.811. The zero-order valence-corrected chi connectivity index (χ0v) is 14.6. The molecule has 0 bridgehead atoms. The fourth-order valence-electron chi connectivity index (χ4n) is 3.17. The number of rotatable bonds is 6.